The third kappa shape index (κ3) is 3.34. The Morgan fingerprint density at radius 2 is 1.80 bits per heavy atom. The molecule has 4 rings (SSSR count). The van der Waals surface area contributed by atoms with Gasteiger partial charge in [-0.15, -0.1) is 0 Å². The van der Waals surface area contributed by atoms with E-state index in [1.54, 1.807) is 38.2 Å². The van der Waals surface area contributed by atoms with Crippen LogP contribution in [0.3, 0.4) is 0 Å². The lowest BCUT2D eigenvalue weighted by atomic mass is 9.81. The molecular formula is C22H20F2N4O2. The first-order valence-corrected chi connectivity index (χ1v) is 9.43. The lowest BCUT2D eigenvalue weighted by Crippen LogP contribution is -2.50. The SMILES string of the molecule is Cc1ccc(C(=O)N[C@@H]2C(=O)Nc3c(c(C)nn3C)[C@H]2c2ccc(F)c(F)c2)cc1. The molecule has 2 amide bonds. The summed E-state index contributed by atoms with van der Waals surface area (Å²) in [6, 6.07) is 9.39. The van der Waals surface area contributed by atoms with Crippen LogP contribution in [0.2, 0.25) is 0 Å². The second-order valence-electron chi connectivity index (χ2n) is 7.43. The Balaban J connectivity index is 1.79. The number of carbonyl (C=O) groups is 2. The molecule has 0 aliphatic carbocycles. The summed E-state index contributed by atoms with van der Waals surface area (Å²) >= 11 is 0. The molecule has 2 N–H and O–H groups in total. The minimum Gasteiger partial charge on any atom is -0.339 e. The van der Waals surface area contributed by atoms with Crippen molar-refractivity contribution in [1.82, 2.24) is 15.1 Å². The molecule has 3 aromatic rings. The van der Waals surface area contributed by atoms with Crippen LogP contribution in [0.1, 0.15) is 38.7 Å². The van der Waals surface area contributed by atoms with E-state index in [0.29, 0.717) is 28.2 Å². The molecule has 0 saturated heterocycles. The monoisotopic (exact) mass is 410 g/mol. The van der Waals surface area contributed by atoms with E-state index >= 15 is 0 Å². The van der Waals surface area contributed by atoms with E-state index in [1.165, 1.54) is 10.7 Å². The van der Waals surface area contributed by atoms with Crippen LogP contribution in [0.5, 0.6) is 0 Å². The number of nitrogens with one attached hydrogen (secondary N) is 2. The quantitative estimate of drug-likeness (QED) is 0.696. The van der Waals surface area contributed by atoms with Crippen LogP contribution >= 0.6 is 0 Å². The number of hydrogen-bond acceptors (Lipinski definition) is 3. The third-order valence-corrected chi connectivity index (χ3v) is 5.34. The van der Waals surface area contributed by atoms with Crippen LogP contribution in [0.15, 0.2) is 42.5 Å². The number of aryl methyl sites for hydroxylation is 3. The number of aromatic nitrogens is 2. The van der Waals surface area contributed by atoms with Gasteiger partial charge in [-0.1, -0.05) is 23.8 Å². The van der Waals surface area contributed by atoms with Gasteiger partial charge in [0.05, 0.1) is 5.69 Å². The number of carbonyl (C=O) groups excluding carboxylic acids is 2. The molecule has 6 nitrogen and oxygen atoms in total. The number of benzene rings is 2. The van der Waals surface area contributed by atoms with Gasteiger partial charge < -0.3 is 10.6 Å². The first-order chi connectivity index (χ1) is 14.3. The van der Waals surface area contributed by atoms with Crippen molar-refractivity contribution >= 4 is 17.6 Å². The van der Waals surface area contributed by atoms with Crippen LogP contribution < -0.4 is 10.6 Å². The molecule has 0 saturated carbocycles. The van der Waals surface area contributed by atoms with E-state index in [-0.39, 0.29) is 0 Å². The average molecular weight is 410 g/mol. The summed E-state index contributed by atoms with van der Waals surface area (Å²) in [5, 5.41) is 9.88. The highest BCUT2D eigenvalue weighted by Crippen LogP contribution is 2.39. The Kier molecular flexibility index (Phi) is 4.85. The zero-order chi connectivity index (χ0) is 21.6. The summed E-state index contributed by atoms with van der Waals surface area (Å²) in [6.07, 6.45) is 0. The maximum Gasteiger partial charge on any atom is 0.251 e. The van der Waals surface area contributed by atoms with E-state index in [0.717, 1.165) is 17.7 Å². The van der Waals surface area contributed by atoms with Crippen LogP contribution in [-0.2, 0) is 11.8 Å². The second kappa shape index (κ2) is 7.37. The predicted octanol–water partition coefficient (Wildman–Crippen LogP) is 3.20. The predicted molar refractivity (Wildman–Crippen MR) is 107 cm³/mol. The molecule has 8 heteroatoms. The van der Waals surface area contributed by atoms with Crippen molar-refractivity contribution in [3.63, 3.8) is 0 Å². The molecule has 1 aliphatic heterocycles. The molecule has 0 bridgehead atoms. The molecule has 1 aliphatic rings. The minimum atomic E-state index is -1.03. The molecule has 0 radical (unpaired) electrons. The topological polar surface area (TPSA) is 76.0 Å². The number of fused-ring (bicyclic) bond motifs is 1. The van der Waals surface area contributed by atoms with Crippen molar-refractivity contribution in [2.45, 2.75) is 25.8 Å². The fourth-order valence-electron chi connectivity index (χ4n) is 3.85. The smallest absolute Gasteiger partial charge is 0.251 e. The van der Waals surface area contributed by atoms with E-state index in [4.69, 9.17) is 0 Å². The van der Waals surface area contributed by atoms with Crippen molar-refractivity contribution in [3.05, 3.63) is 82.0 Å². The van der Waals surface area contributed by atoms with Crippen molar-refractivity contribution in [3.8, 4) is 0 Å². The van der Waals surface area contributed by atoms with Gasteiger partial charge >= 0.3 is 0 Å². The summed E-state index contributed by atoms with van der Waals surface area (Å²) < 4.78 is 29.1. The highest BCUT2D eigenvalue weighted by molar-refractivity contribution is 6.03. The molecule has 2 heterocycles. The van der Waals surface area contributed by atoms with Crippen molar-refractivity contribution in [2.24, 2.45) is 7.05 Å². The van der Waals surface area contributed by atoms with E-state index in [2.05, 4.69) is 15.7 Å². The standard InChI is InChI=1S/C22H20F2N4O2/c1-11-4-6-13(7-5-11)21(29)25-19-18(14-8-9-15(23)16(24)10-14)17-12(2)27-28(3)20(17)26-22(19)30/h4-10,18-19H,1-3H3,(H,25,29)(H,26,30)/t18-,19+/m1/s1. The van der Waals surface area contributed by atoms with Crippen LogP contribution in [0.25, 0.3) is 0 Å². The van der Waals surface area contributed by atoms with E-state index < -0.39 is 35.4 Å². The number of rotatable bonds is 3. The van der Waals surface area contributed by atoms with Crippen molar-refractivity contribution in [2.75, 3.05) is 5.32 Å². The van der Waals surface area contributed by atoms with Gasteiger partial charge in [-0.25, -0.2) is 8.78 Å². The van der Waals surface area contributed by atoms with Crippen LogP contribution in [-0.4, -0.2) is 27.6 Å². The van der Waals surface area contributed by atoms with Gasteiger partial charge in [-0.2, -0.15) is 5.10 Å². The lowest BCUT2D eigenvalue weighted by Gasteiger charge is -2.32. The number of nitrogens with zero attached hydrogens (tertiary/aromatic N) is 2. The van der Waals surface area contributed by atoms with Gasteiger partial charge in [0.2, 0.25) is 5.91 Å². The van der Waals surface area contributed by atoms with Gasteiger partial charge in [0.15, 0.2) is 11.6 Å². The molecule has 2 atom stereocenters. The highest BCUT2D eigenvalue weighted by atomic mass is 19.2. The van der Waals surface area contributed by atoms with Gasteiger partial charge in [0, 0.05) is 24.1 Å². The zero-order valence-electron chi connectivity index (χ0n) is 16.7. The first-order valence-electron chi connectivity index (χ1n) is 9.43. The fourth-order valence-corrected chi connectivity index (χ4v) is 3.85. The molecule has 2 aromatic carbocycles. The van der Waals surface area contributed by atoms with Crippen LogP contribution in [0.4, 0.5) is 14.6 Å². The summed E-state index contributed by atoms with van der Waals surface area (Å²) in [4.78, 5) is 25.8. The Labute approximate surface area is 171 Å². The molecule has 0 unspecified atom stereocenters. The van der Waals surface area contributed by atoms with Gasteiger partial charge in [0.25, 0.3) is 5.91 Å². The average Bonchev–Trinajstić information content (AvgIpc) is 2.98. The molecule has 154 valence electrons. The third-order valence-electron chi connectivity index (χ3n) is 5.34. The summed E-state index contributed by atoms with van der Waals surface area (Å²) in [6.45, 7) is 3.67. The number of amides is 2. The Hall–Kier alpha value is -3.55. The summed E-state index contributed by atoms with van der Waals surface area (Å²) in [7, 11) is 1.68. The van der Waals surface area contributed by atoms with Gasteiger partial charge in [-0.05, 0) is 43.7 Å². The molecule has 30 heavy (non-hydrogen) atoms. The van der Waals surface area contributed by atoms with Crippen molar-refractivity contribution in [1.29, 1.82) is 0 Å². The Morgan fingerprint density at radius 1 is 1.10 bits per heavy atom. The van der Waals surface area contributed by atoms with E-state index in [9.17, 15) is 18.4 Å². The van der Waals surface area contributed by atoms with Gasteiger partial charge in [-0.3, -0.25) is 14.3 Å². The van der Waals surface area contributed by atoms with Crippen LogP contribution in [0, 0.1) is 25.5 Å². The number of hydrogen-bond donors (Lipinski definition) is 2. The number of halogens is 2. The summed E-state index contributed by atoms with van der Waals surface area (Å²) in [5.41, 5.74) is 3.04. The largest absolute Gasteiger partial charge is 0.339 e. The normalized spacial score (nSPS) is 18.0. The lowest BCUT2D eigenvalue weighted by molar-refractivity contribution is -0.118. The fraction of sp³-hybridized carbons (Fsp3) is 0.227. The molecule has 1 aromatic heterocycles. The maximum absolute atomic E-state index is 14.0. The minimum absolute atomic E-state index is 0.371. The molecule has 0 fully saturated rings. The first kappa shape index (κ1) is 19.8. The summed E-state index contributed by atoms with van der Waals surface area (Å²) in [5.74, 6) is -3.17. The highest BCUT2D eigenvalue weighted by Gasteiger charge is 2.41. The zero-order valence-corrected chi connectivity index (χ0v) is 16.7. The number of anilines is 1. The maximum atomic E-state index is 14.0. The Morgan fingerprint density at radius 3 is 2.47 bits per heavy atom. The molecular weight excluding hydrogens is 390 g/mol. The van der Waals surface area contributed by atoms with E-state index in [1.807, 2.05) is 6.92 Å². The second-order valence-corrected chi connectivity index (χ2v) is 7.43. The molecule has 0 spiro atoms. The Bertz CT molecular complexity index is 1150. The van der Waals surface area contributed by atoms with Crippen molar-refractivity contribution < 1.29 is 18.4 Å². The van der Waals surface area contributed by atoms with Gasteiger partial charge in [0.1, 0.15) is 11.9 Å².